The summed E-state index contributed by atoms with van der Waals surface area (Å²) < 4.78 is 11.8. The Morgan fingerprint density at radius 1 is 1.25 bits per heavy atom. The molecule has 3 aromatic rings. The van der Waals surface area contributed by atoms with E-state index in [1.54, 1.807) is 37.1 Å². The molecule has 0 spiro atoms. The molecule has 9 heteroatoms. The van der Waals surface area contributed by atoms with Crippen LogP contribution in [0.25, 0.3) is 12.0 Å². The van der Waals surface area contributed by atoms with Crippen molar-refractivity contribution in [1.29, 1.82) is 0 Å². The second kappa shape index (κ2) is 10.8. The van der Waals surface area contributed by atoms with Crippen molar-refractivity contribution in [2.24, 2.45) is 0 Å². The molecule has 0 radical (unpaired) electrons. The third-order valence-electron chi connectivity index (χ3n) is 4.57. The van der Waals surface area contributed by atoms with Crippen molar-refractivity contribution in [2.45, 2.75) is 33.2 Å². The number of benzene rings is 1. The molecule has 0 aliphatic carbocycles. The zero-order chi connectivity index (χ0) is 23.1. The fourth-order valence-corrected chi connectivity index (χ4v) is 3.29. The third kappa shape index (κ3) is 5.85. The quantitative estimate of drug-likeness (QED) is 0.285. The topological polar surface area (TPSA) is 91.2 Å². The Morgan fingerprint density at radius 2 is 2.00 bits per heavy atom. The number of rotatable bonds is 9. The molecule has 0 amide bonds. The number of carbonyl (C=O) groups excluding carboxylic acids is 1. The summed E-state index contributed by atoms with van der Waals surface area (Å²) in [5.74, 6) is 1.41. The second-order valence-electron chi connectivity index (χ2n) is 7.21. The van der Waals surface area contributed by atoms with Crippen LogP contribution in [0, 0.1) is 0 Å². The smallest absolute Gasteiger partial charge is 0.330 e. The summed E-state index contributed by atoms with van der Waals surface area (Å²) in [6.07, 6.45) is 4.74. The second-order valence-corrected chi connectivity index (χ2v) is 7.60. The summed E-state index contributed by atoms with van der Waals surface area (Å²) in [6, 6.07) is 9.41. The van der Waals surface area contributed by atoms with Gasteiger partial charge in [0.15, 0.2) is 0 Å². The molecule has 2 heterocycles. The van der Waals surface area contributed by atoms with Crippen LogP contribution in [0.4, 0.5) is 5.82 Å². The first-order valence-corrected chi connectivity index (χ1v) is 10.6. The lowest BCUT2D eigenvalue weighted by Crippen LogP contribution is -2.11. The van der Waals surface area contributed by atoms with Crippen LogP contribution in [0.5, 0.6) is 5.75 Å². The highest BCUT2D eigenvalue weighted by Gasteiger charge is 2.17. The van der Waals surface area contributed by atoms with Gasteiger partial charge in [0.25, 0.3) is 5.95 Å². The zero-order valence-electron chi connectivity index (χ0n) is 18.5. The van der Waals surface area contributed by atoms with Gasteiger partial charge in [-0.1, -0.05) is 37.6 Å². The lowest BCUT2D eigenvalue weighted by atomic mass is 10.1. The molecule has 0 saturated heterocycles. The van der Waals surface area contributed by atoms with Crippen molar-refractivity contribution in [3.63, 3.8) is 0 Å². The number of carbonyl (C=O) groups is 1. The molecule has 168 valence electrons. The molecule has 8 nitrogen and oxygen atoms in total. The number of esters is 1. The SMILES string of the molecule is CCOC(=O)C=Cc1cnn(-c2nc(Cl)cc(NCc3ccc(OC)cc3)n2)c1C(C)C. The number of halogens is 1. The highest BCUT2D eigenvalue weighted by Crippen LogP contribution is 2.24. The Labute approximate surface area is 192 Å². The Kier molecular flexibility index (Phi) is 7.83. The largest absolute Gasteiger partial charge is 0.497 e. The van der Waals surface area contributed by atoms with E-state index in [0.717, 1.165) is 22.6 Å². The van der Waals surface area contributed by atoms with Gasteiger partial charge >= 0.3 is 5.97 Å². The van der Waals surface area contributed by atoms with E-state index in [-0.39, 0.29) is 5.92 Å². The molecular weight excluding hydrogens is 430 g/mol. The Balaban J connectivity index is 1.85. The molecule has 0 saturated carbocycles. The highest BCUT2D eigenvalue weighted by molar-refractivity contribution is 6.29. The molecule has 3 rings (SSSR count). The van der Waals surface area contributed by atoms with Crippen molar-refractivity contribution >= 4 is 29.5 Å². The van der Waals surface area contributed by atoms with Crippen molar-refractivity contribution < 1.29 is 14.3 Å². The van der Waals surface area contributed by atoms with Crippen molar-refractivity contribution in [1.82, 2.24) is 19.7 Å². The minimum absolute atomic E-state index is 0.0950. The molecule has 0 unspecified atom stereocenters. The standard InChI is InChI=1S/C23H26ClN5O3/c1-5-32-21(30)11-8-17-14-26-29(22(17)15(2)3)23-27-19(24)12-20(28-23)25-13-16-6-9-18(31-4)10-7-16/h6-12,14-15H,5,13H2,1-4H3,(H,25,27,28). The Morgan fingerprint density at radius 3 is 2.66 bits per heavy atom. The highest BCUT2D eigenvalue weighted by atomic mass is 35.5. The lowest BCUT2D eigenvalue weighted by molar-refractivity contribution is -0.137. The summed E-state index contributed by atoms with van der Waals surface area (Å²) in [5.41, 5.74) is 2.70. The summed E-state index contributed by atoms with van der Waals surface area (Å²) in [5, 5.41) is 8.00. The number of methoxy groups -OCH3 is 1. The fraction of sp³-hybridized carbons (Fsp3) is 0.304. The molecule has 0 fully saturated rings. The zero-order valence-corrected chi connectivity index (χ0v) is 19.3. The molecule has 2 aromatic heterocycles. The predicted molar refractivity (Wildman–Crippen MR) is 124 cm³/mol. The normalized spacial score (nSPS) is 11.2. The van der Waals surface area contributed by atoms with Gasteiger partial charge in [-0.3, -0.25) is 0 Å². The van der Waals surface area contributed by atoms with Gasteiger partial charge < -0.3 is 14.8 Å². The average Bonchev–Trinajstić information content (AvgIpc) is 3.21. The van der Waals surface area contributed by atoms with E-state index >= 15 is 0 Å². The Hall–Kier alpha value is -3.39. The van der Waals surface area contributed by atoms with Gasteiger partial charge in [0, 0.05) is 24.3 Å². The van der Waals surface area contributed by atoms with Crippen molar-refractivity contribution in [3.05, 3.63) is 64.6 Å². The van der Waals surface area contributed by atoms with Gasteiger partial charge in [-0.2, -0.15) is 15.1 Å². The summed E-state index contributed by atoms with van der Waals surface area (Å²) in [7, 11) is 1.64. The van der Waals surface area contributed by atoms with E-state index in [0.29, 0.717) is 30.1 Å². The first-order chi connectivity index (χ1) is 15.4. The maximum absolute atomic E-state index is 11.7. The first kappa shape index (κ1) is 23.3. The number of nitrogens with zero attached hydrogens (tertiary/aromatic N) is 4. The van der Waals surface area contributed by atoms with Gasteiger partial charge in [0.2, 0.25) is 0 Å². The van der Waals surface area contributed by atoms with E-state index < -0.39 is 5.97 Å². The van der Waals surface area contributed by atoms with E-state index in [9.17, 15) is 4.79 Å². The van der Waals surface area contributed by atoms with E-state index in [4.69, 9.17) is 21.1 Å². The number of nitrogens with one attached hydrogen (secondary N) is 1. The molecule has 0 aliphatic rings. The van der Waals surface area contributed by atoms with Crippen LogP contribution < -0.4 is 10.1 Å². The van der Waals surface area contributed by atoms with Gasteiger partial charge in [-0.05, 0) is 36.6 Å². The van der Waals surface area contributed by atoms with Gasteiger partial charge in [-0.15, -0.1) is 0 Å². The Bertz CT molecular complexity index is 1090. The number of hydrogen-bond acceptors (Lipinski definition) is 7. The third-order valence-corrected chi connectivity index (χ3v) is 4.77. The van der Waals surface area contributed by atoms with E-state index in [2.05, 4.69) is 20.4 Å². The lowest BCUT2D eigenvalue weighted by Gasteiger charge is -2.12. The monoisotopic (exact) mass is 455 g/mol. The van der Waals surface area contributed by atoms with Crippen LogP contribution >= 0.6 is 11.6 Å². The maximum Gasteiger partial charge on any atom is 0.330 e. The minimum Gasteiger partial charge on any atom is -0.497 e. The first-order valence-electron chi connectivity index (χ1n) is 10.3. The molecule has 1 N–H and O–H groups in total. The van der Waals surface area contributed by atoms with Crippen LogP contribution in [0.15, 0.2) is 42.6 Å². The van der Waals surface area contributed by atoms with E-state index in [1.807, 2.05) is 38.1 Å². The minimum atomic E-state index is -0.404. The number of aromatic nitrogens is 4. The molecule has 1 aromatic carbocycles. The van der Waals surface area contributed by atoms with Crippen LogP contribution in [0.2, 0.25) is 5.15 Å². The molecular formula is C23H26ClN5O3. The van der Waals surface area contributed by atoms with Crippen LogP contribution in [-0.4, -0.2) is 39.4 Å². The van der Waals surface area contributed by atoms with Crippen molar-refractivity contribution in [2.75, 3.05) is 19.0 Å². The molecule has 0 bridgehead atoms. The molecule has 0 aliphatic heterocycles. The predicted octanol–water partition coefficient (Wildman–Crippen LogP) is 4.64. The van der Waals surface area contributed by atoms with Crippen LogP contribution in [0.1, 0.15) is 43.5 Å². The summed E-state index contributed by atoms with van der Waals surface area (Å²) in [4.78, 5) is 20.6. The number of hydrogen-bond donors (Lipinski definition) is 1. The van der Waals surface area contributed by atoms with Gasteiger partial charge in [-0.25, -0.2) is 9.48 Å². The average molecular weight is 456 g/mol. The molecule has 32 heavy (non-hydrogen) atoms. The summed E-state index contributed by atoms with van der Waals surface area (Å²) in [6.45, 7) is 6.70. The van der Waals surface area contributed by atoms with Gasteiger partial charge in [0.1, 0.15) is 16.7 Å². The van der Waals surface area contributed by atoms with Crippen LogP contribution in [-0.2, 0) is 16.1 Å². The fourth-order valence-electron chi connectivity index (χ4n) is 3.11. The van der Waals surface area contributed by atoms with Gasteiger partial charge in [0.05, 0.1) is 25.6 Å². The van der Waals surface area contributed by atoms with Crippen LogP contribution in [0.3, 0.4) is 0 Å². The number of anilines is 1. The van der Waals surface area contributed by atoms with Crippen molar-refractivity contribution in [3.8, 4) is 11.7 Å². The van der Waals surface area contributed by atoms with E-state index in [1.165, 1.54) is 6.08 Å². The summed E-state index contributed by atoms with van der Waals surface area (Å²) >= 11 is 6.27. The molecule has 0 atom stereocenters. The number of ether oxygens (including phenoxy) is 2. The maximum atomic E-state index is 11.7.